The third kappa shape index (κ3) is 5.06. The predicted octanol–water partition coefficient (Wildman–Crippen LogP) is 4.87. The molecule has 0 heterocycles. The standard InChI is InChI=1S/C18H27F2N/c1-13(2)11-21-12-18(14-6-4-3-5-7-14)15-8-16(19)10-17(20)9-15/h8-10,13-14,18,21H,3-7,11-12H2,1-2H3. The second kappa shape index (κ2) is 7.88. The number of benzene rings is 1. The molecule has 1 aliphatic rings. The van der Waals surface area contributed by atoms with Crippen LogP contribution in [0.25, 0.3) is 0 Å². The molecular formula is C18H27F2N. The Kier molecular flexibility index (Phi) is 6.16. The molecule has 1 atom stereocenters. The zero-order valence-corrected chi connectivity index (χ0v) is 13.2. The highest BCUT2D eigenvalue weighted by molar-refractivity contribution is 5.23. The number of rotatable bonds is 6. The average molecular weight is 295 g/mol. The van der Waals surface area contributed by atoms with Crippen LogP contribution in [0, 0.1) is 23.5 Å². The van der Waals surface area contributed by atoms with Crippen molar-refractivity contribution in [2.45, 2.75) is 51.9 Å². The molecule has 1 aliphatic carbocycles. The third-order valence-corrected chi connectivity index (χ3v) is 4.45. The van der Waals surface area contributed by atoms with Gasteiger partial charge in [0.1, 0.15) is 11.6 Å². The molecular weight excluding hydrogens is 268 g/mol. The number of halogens is 2. The van der Waals surface area contributed by atoms with Gasteiger partial charge in [-0.1, -0.05) is 33.1 Å². The van der Waals surface area contributed by atoms with Gasteiger partial charge in [0, 0.05) is 12.6 Å². The molecule has 1 aromatic carbocycles. The molecule has 3 heteroatoms. The van der Waals surface area contributed by atoms with Crippen LogP contribution in [0.3, 0.4) is 0 Å². The first kappa shape index (κ1) is 16.4. The Hall–Kier alpha value is -0.960. The molecule has 118 valence electrons. The summed E-state index contributed by atoms with van der Waals surface area (Å²) in [7, 11) is 0. The lowest BCUT2D eigenvalue weighted by atomic mass is 9.76. The molecule has 0 aromatic heterocycles. The lowest BCUT2D eigenvalue weighted by Crippen LogP contribution is -2.30. The minimum absolute atomic E-state index is 0.217. The Morgan fingerprint density at radius 2 is 1.62 bits per heavy atom. The van der Waals surface area contributed by atoms with Crippen LogP contribution < -0.4 is 5.32 Å². The summed E-state index contributed by atoms with van der Waals surface area (Å²) in [5.41, 5.74) is 0.815. The maximum absolute atomic E-state index is 13.5. The zero-order valence-electron chi connectivity index (χ0n) is 13.2. The van der Waals surface area contributed by atoms with Gasteiger partial charge >= 0.3 is 0 Å². The van der Waals surface area contributed by atoms with Crippen LogP contribution in [-0.4, -0.2) is 13.1 Å². The Bertz CT molecular complexity index is 419. The first-order chi connectivity index (χ1) is 10.1. The van der Waals surface area contributed by atoms with Crippen LogP contribution in [0.2, 0.25) is 0 Å². The van der Waals surface area contributed by atoms with Gasteiger partial charge < -0.3 is 5.32 Å². The van der Waals surface area contributed by atoms with Gasteiger partial charge in [0.25, 0.3) is 0 Å². The van der Waals surface area contributed by atoms with Crippen molar-refractivity contribution < 1.29 is 8.78 Å². The van der Waals surface area contributed by atoms with Crippen molar-refractivity contribution in [3.63, 3.8) is 0 Å². The average Bonchev–Trinajstić information content (AvgIpc) is 2.43. The first-order valence-corrected chi connectivity index (χ1v) is 8.23. The van der Waals surface area contributed by atoms with E-state index < -0.39 is 11.6 Å². The lowest BCUT2D eigenvalue weighted by Gasteiger charge is -2.31. The van der Waals surface area contributed by atoms with Crippen molar-refractivity contribution in [2.24, 2.45) is 11.8 Å². The quantitative estimate of drug-likeness (QED) is 0.789. The molecule has 1 N–H and O–H groups in total. The molecule has 0 bridgehead atoms. The van der Waals surface area contributed by atoms with Gasteiger partial charge in [0.05, 0.1) is 0 Å². The van der Waals surface area contributed by atoms with E-state index in [1.165, 1.54) is 44.2 Å². The second-order valence-corrected chi connectivity index (χ2v) is 6.76. The Labute approximate surface area is 127 Å². The molecule has 0 spiro atoms. The third-order valence-electron chi connectivity index (χ3n) is 4.45. The second-order valence-electron chi connectivity index (χ2n) is 6.76. The maximum Gasteiger partial charge on any atom is 0.126 e. The van der Waals surface area contributed by atoms with E-state index in [1.54, 1.807) is 0 Å². The predicted molar refractivity (Wildman–Crippen MR) is 83.4 cm³/mol. The van der Waals surface area contributed by atoms with Gasteiger partial charge in [-0.15, -0.1) is 0 Å². The van der Waals surface area contributed by atoms with Crippen LogP contribution >= 0.6 is 0 Å². The summed E-state index contributed by atoms with van der Waals surface area (Å²) in [5, 5.41) is 3.47. The molecule has 0 amide bonds. The van der Waals surface area contributed by atoms with E-state index in [0.29, 0.717) is 11.8 Å². The summed E-state index contributed by atoms with van der Waals surface area (Å²) in [6.45, 7) is 6.10. The van der Waals surface area contributed by atoms with E-state index in [1.807, 2.05) is 0 Å². The van der Waals surface area contributed by atoms with Gasteiger partial charge in [-0.05, 0) is 54.8 Å². The molecule has 1 unspecified atom stereocenters. The first-order valence-electron chi connectivity index (χ1n) is 8.23. The van der Waals surface area contributed by atoms with Gasteiger partial charge in [0.15, 0.2) is 0 Å². The Balaban J connectivity index is 2.13. The van der Waals surface area contributed by atoms with Gasteiger partial charge in [-0.3, -0.25) is 0 Å². The number of nitrogens with one attached hydrogen (secondary N) is 1. The molecule has 2 rings (SSSR count). The SMILES string of the molecule is CC(C)CNCC(c1cc(F)cc(F)c1)C1CCCCC1. The minimum atomic E-state index is -0.463. The van der Waals surface area contributed by atoms with Crippen LogP contribution in [0.4, 0.5) is 8.78 Å². The van der Waals surface area contributed by atoms with Crippen molar-refractivity contribution >= 4 is 0 Å². The topological polar surface area (TPSA) is 12.0 Å². The molecule has 0 radical (unpaired) electrons. The van der Waals surface area contributed by atoms with Crippen molar-refractivity contribution in [3.8, 4) is 0 Å². The van der Waals surface area contributed by atoms with Gasteiger partial charge in [-0.25, -0.2) is 8.78 Å². The smallest absolute Gasteiger partial charge is 0.126 e. The summed E-state index contributed by atoms with van der Waals surface area (Å²) in [5.74, 6) is 0.416. The Morgan fingerprint density at radius 1 is 1.00 bits per heavy atom. The van der Waals surface area contributed by atoms with E-state index >= 15 is 0 Å². The molecule has 1 saturated carbocycles. The summed E-state index contributed by atoms with van der Waals surface area (Å²) < 4.78 is 27.1. The molecule has 1 nitrogen and oxygen atoms in total. The van der Waals surface area contributed by atoms with Crippen molar-refractivity contribution in [1.29, 1.82) is 0 Å². The summed E-state index contributed by atoms with van der Waals surface area (Å²) >= 11 is 0. The molecule has 0 saturated heterocycles. The fraction of sp³-hybridized carbons (Fsp3) is 0.667. The summed E-state index contributed by atoms with van der Waals surface area (Å²) in [6.07, 6.45) is 6.12. The van der Waals surface area contributed by atoms with E-state index in [2.05, 4.69) is 19.2 Å². The molecule has 21 heavy (non-hydrogen) atoms. The van der Waals surface area contributed by atoms with Crippen molar-refractivity contribution in [1.82, 2.24) is 5.32 Å². The van der Waals surface area contributed by atoms with E-state index in [-0.39, 0.29) is 5.92 Å². The summed E-state index contributed by atoms with van der Waals surface area (Å²) in [6, 6.07) is 3.99. The molecule has 0 aliphatic heterocycles. The van der Waals surface area contributed by atoms with E-state index in [9.17, 15) is 8.78 Å². The largest absolute Gasteiger partial charge is 0.316 e. The van der Waals surface area contributed by atoms with Gasteiger partial charge in [0.2, 0.25) is 0 Å². The normalized spacial score (nSPS) is 18.1. The van der Waals surface area contributed by atoms with Crippen molar-refractivity contribution in [2.75, 3.05) is 13.1 Å². The summed E-state index contributed by atoms with van der Waals surface area (Å²) in [4.78, 5) is 0. The highest BCUT2D eigenvalue weighted by Gasteiger charge is 2.25. The van der Waals surface area contributed by atoms with Crippen LogP contribution in [-0.2, 0) is 0 Å². The number of hydrogen-bond acceptors (Lipinski definition) is 1. The fourth-order valence-corrected chi connectivity index (χ4v) is 3.41. The maximum atomic E-state index is 13.5. The van der Waals surface area contributed by atoms with Crippen molar-refractivity contribution in [3.05, 3.63) is 35.4 Å². The molecule has 1 fully saturated rings. The highest BCUT2D eigenvalue weighted by Crippen LogP contribution is 2.36. The van der Waals surface area contributed by atoms with E-state index in [4.69, 9.17) is 0 Å². The van der Waals surface area contributed by atoms with E-state index in [0.717, 1.165) is 24.7 Å². The molecule has 1 aromatic rings. The van der Waals surface area contributed by atoms with Gasteiger partial charge in [-0.2, -0.15) is 0 Å². The number of hydrogen-bond donors (Lipinski definition) is 1. The zero-order chi connectivity index (χ0) is 15.2. The Morgan fingerprint density at radius 3 is 2.19 bits per heavy atom. The lowest BCUT2D eigenvalue weighted by molar-refractivity contribution is 0.294. The van der Waals surface area contributed by atoms with Crippen LogP contribution in [0.1, 0.15) is 57.4 Å². The highest BCUT2D eigenvalue weighted by atomic mass is 19.1. The fourth-order valence-electron chi connectivity index (χ4n) is 3.41. The monoisotopic (exact) mass is 295 g/mol. The van der Waals surface area contributed by atoms with Crippen LogP contribution in [0.5, 0.6) is 0 Å². The van der Waals surface area contributed by atoms with Crippen LogP contribution in [0.15, 0.2) is 18.2 Å². The minimum Gasteiger partial charge on any atom is -0.316 e.